The summed E-state index contributed by atoms with van der Waals surface area (Å²) in [5.41, 5.74) is -15.5. The van der Waals surface area contributed by atoms with Gasteiger partial charge in [0.05, 0.1) is 34.4 Å². The number of phenolic OH excluding ortho intramolecular Hbond substituents is 18. The van der Waals surface area contributed by atoms with Crippen molar-refractivity contribution >= 4 is 35.9 Å². The van der Waals surface area contributed by atoms with E-state index in [0.29, 0.717) is 6.08 Å². The molecular formula is C40H36BNO24. The molecule has 26 heteroatoms. The fraction of sp³-hybridized carbons (Fsp3) is 0.100. The molecule has 5 aromatic rings. The van der Waals surface area contributed by atoms with Gasteiger partial charge in [0.25, 0.3) is 0 Å². The van der Waals surface area contributed by atoms with Crippen LogP contribution in [0.2, 0.25) is 0 Å². The molecule has 66 heavy (non-hydrogen) atoms. The lowest BCUT2D eigenvalue weighted by molar-refractivity contribution is 0.252. The second-order valence-electron chi connectivity index (χ2n) is 13.7. The highest BCUT2D eigenvalue weighted by atomic mass is 16.4. The Balaban J connectivity index is 2.01. The standard InChI is InChI=1S/C40H36BNO24/c1-3-7-8(5-43)21(47)18(34(60)22(7)48)42(19-33(59)17(41)12(24(50)35(19)61)11(10(46)6-44)23(49)9(45)4-2)20-36(62)29(55)15(30(56)37(20)63)13-25(51)27(53)14(28(54)26(13)52)16-31(57)38(64)40(66)39(65)32(16)58/h4,43-66H,2-3,5-6H2,1H3/b11-10+,23-9-. The van der Waals surface area contributed by atoms with E-state index in [1.807, 2.05) is 0 Å². The topological polar surface area (TPSA) is 489 Å². The van der Waals surface area contributed by atoms with Crippen molar-refractivity contribution in [2.75, 3.05) is 11.5 Å². The van der Waals surface area contributed by atoms with E-state index in [4.69, 9.17) is 7.85 Å². The molecule has 0 aliphatic heterocycles. The predicted molar refractivity (Wildman–Crippen MR) is 223 cm³/mol. The average Bonchev–Trinajstić information content (AvgIpc) is 3.29. The van der Waals surface area contributed by atoms with Crippen LogP contribution in [0.25, 0.3) is 27.8 Å². The Bertz CT molecular complexity index is 2880. The van der Waals surface area contributed by atoms with Crippen LogP contribution in [0.15, 0.2) is 29.9 Å². The summed E-state index contributed by atoms with van der Waals surface area (Å²) in [6.07, 6.45) is 0.306. The zero-order valence-electron chi connectivity index (χ0n) is 33.2. The van der Waals surface area contributed by atoms with Crippen LogP contribution in [0.5, 0.6) is 109 Å². The lowest BCUT2D eigenvalue weighted by Gasteiger charge is -2.32. The Hall–Kier alpha value is -9.30. The molecule has 0 atom stereocenters. The molecular weight excluding hydrogens is 889 g/mol. The maximum atomic E-state index is 11.7. The molecule has 5 rings (SSSR count). The van der Waals surface area contributed by atoms with Gasteiger partial charge in [-0.05, 0) is 18.0 Å². The van der Waals surface area contributed by atoms with Gasteiger partial charge in [0, 0.05) is 16.7 Å². The fourth-order valence-corrected chi connectivity index (χ4v) is 7.01. The van der Waals surface area contributed by atoms with Gasteiger partial charge in [0.1, 0.15) is 48.8 Å². The smallest absolute Gasteiger partial charge is 0.208 e. The second-order valence-corrected chi connectivity index (χ2v) is 13.7. The first-order valence-corrected chi connectivity index (χ1v) is 18.0. The van der Waals surface area contributed by atoms with Crippen molar-refractivity contribution < 1.29 is 123 Å². The van der Waals surface area contributed by atoms with Gasteiger partial charge in [-0.25, -0.2) is 0 Å². The molecule has 0 saturated carbocycles. The van der Waals surface area contributed by atoms with Crippen LogP contribution in [0.4, 0.5) is 17.1 Å². The van der Waals surface area contributed by atoms with Gasteiger partial charge in [-0.15, -0.1) is 0 Å². The zero-order valence-corrected chi connectivity index (χ0v) is 33.2. The molecule has 0 unspecified atom stereocenters. The summed E-state index contributed by atoms with van der Waals surface area (Å²) < 4.78 is 0. The van der Waals surface area contributed by atoms with Crippen LogP contribution in [-0.2, 0) is 13.0 Å². The number of hydrogen-bond acceptors (Lipinski definition) is 25. The molecule has 348 valence electrons. The third kappa shape index (κ3) is 6.59. The summed E-state index contributed by atoms with van der Waals surface area (Å²) in [6.45, 7) is 1.91. The van der Waals surface area contributed by atoms with Gasteiger partial charge in [-0.3, -0.25) is 4.90 Å². The number of hydrogen-bond donors (Lipinski definition) is 24. The molecule has 0 aliphatic rings. The molecule has 0 bridgehead atoms. The number of rotatable bonds is 11. The minimum Gasteiger partial charge on any atom is -0.509 e. The van der Waals surface area contributed by atoms with E-state index in [9.17, 15) is 123 Å². The number of anilines is 3. The highest BCUT2D eigenvalue weighted by Gasteiger charge is 2.41. The van der Waals surface area contributed by atoms with E-state index >= 15 is 0 Å². The van der Waals surface area contributed by atoms with Gasteiger partial charge in [0.15, 0.2) is 92.0 Å². The number of benzene rings is 5. The molecule has 0 fully saturated rings. The van der Waals surface area contributed by atoms with Gasteiger partial charge in [-0.2, -0.15) is 0 Å². The molecule has 2 radical (unpaired) electrons. The van der Waals surface area contributed by atoms with Gasteiger partial charge in [-0.1, -0.05) is 13.5 Å². The van der Waals surface area contributed by atoms with Crippen molar-refractivity contribution in [3.8, 4) is 131 Å². The van der Waals surface area contributed by atoms with Gasteiger partial charge >= 0.3 is 0 Å². The molecule has 0 saturated heterocycles. The molecule has 0 amide bonds. The van der Waals surface area contributed by atoms with E-state index < -0.39 is 201 Å². The van der Waals surface area contributed by atoms with Crippen LogP contribution in [0, 0.1) is 0 Å². The van der Waals surface area contributed by atoms with Crippen molar-refractivity contribution in [2.24, 2.45) is 0 Å². The maximum absolute atomic E-state index is 11.7. The van der Waals surface area contributed by atoms with Crippen LogP contribution >= 0.6 is 0 Å². The summed E-state index contributed by atoms with van der Waals surface area (Å²) in [6, 6.07) is 0. The second kappa shape index (κ2) is 16.8. The van der Waals surface area contributed by atoms with Crippen molar-refractivity contribution in [3.05, 3.63) is 46.6 Å². The Morgan fingerprint density at radius 3 is 1.17 bits per heavy atom. The number of aliphatic hydroxyl groups excluding tert-OH is 5. The van der Waals surface area contributed by atoms with Crippen LogP contribution < -0.4 is 10.4 Å². The summed E-state index contributed by atoms with van der Waals surface area (Å²) in [7, 11) is 6.09. The summed E-state index contributed by atoms with van der Waals surface area (Å²) in [5.74, 6) is -35.9. The Morgan fingerprint density at radius 1 is 0.455 bits per heavy atom. The quantitative estimate of drug-likeness (QED) is 0.0297. The minimum atomic E-state index is -1.93. The van der Waals surface area contributed by atoms with Crippen molar-refractivity contribution in [1.29, 1.82) is 0 Å². The third-order valence-electron chi connectivity index (χ3n) is 10.2. The highest BCUT2D eigenvalue weighted by molar-refractivity contribution is 6.38. The lowest BCUT2D eigenvalue weighted by Crippen LogP contribution is -2.20. The van der Waals surface area contributed by atoms with Crippen molar-refractivity contribution in [1.82, 2.24) is 0 Å². The monoisotopic (exact) mass is 925 g/mol. The first-order chi connectivity index (χ1) is 30.7. The molecule has 0 aromatic heterocycles. The van der Waals surface area contributed by atoms with E-state index in [1.54, 1.807) is 0 Å². The van der Waals surface area contributed by atoms with Crippen molar-refractivity contribution in [2.45, 2.75) is 20.0 Å². The van der Waals surface area contributed by atoms with E-state index in [1.165, 1.54) is 6.92 Å². The average molecular weight is 926 g/mol. The number of nitrogens with zero attached hydrogens (tertiary/aromatic N) is 1. The number of aromatic hydroxyl groups is 19. The molecule has 5 aromatic carbocycles. The van der Waals surface area contributed by atoms with Gasteiger partial charge < -0.3 is 123 Å². The summed E-state index contributed by atoms with van der Waals surface area (Å²) in [4.78, 5) is -0.152. The number of allylic oxidation sites excluding steroid dienone is 2. The lowest BCUT2D eigenvalue weighted by atomic mass is 9.82. The highest BCUT2D eigenvalue weighted by Crippen LogP contribution is 2.68. The first kappa shape index (κ1) is 47.7. The molecule has 25 nitrogen and oxygen atoms in total. The molecule has 0 aliphatic carbocycles. The maximum Gasteiger partial charge on any atom is 0.208 e. The fourth-order valence-electron chi connectivity index (χ4n) is 7.01. The van der Waals surface area contributed by atoms with Crippen LogP contribution in [0.1, 0.15) is 23.6 Å². The molecule has 0 spiro atoms. The van der Waals surface area contributed by atoms with Crippen molar-refractivity contribution in [3.63, 3.8) is 0 Å². The van der Waals surface area contributed by atoms with Crippen LogP contribution in [0.3, 0.4) is 0 Å². The SMILES string of the molecule is [B]c1c(O)c(N(c2c(O)c(O)c(-c3c(O)c(O)c(-c4c(O)c(O)c(O)c(O)c4O)c(O)c3O)c(O)c2O)c2c(O)c(O)c(CC)c(CO)c2O)c(O)c(O)c1C(/C(O)=C(/O)C=C)=C(\O)CO. The third-order valence-corrected chi connectivity index (χ3v) is 10.2. The summed E-state index contributed by atoms with van der Waals surface area (Å²) >= 11 is 0. The Morgan fingerprint density at radius 2 is 0.788 bits per heavy atom. The number of phenols is 19. The van der Waals surface area contributed by atoms with E-state index in [0.717, 1.165) is 0 Å². The van der Waals surface area contributed by atoms with E-state index in [2.05, 4.69) is 6.58 Å². The summed E-state index contributed by atoms with van der Waals surface area (Å²) in [5, 5.41) is 261. The van der Waals surface area contributed by atoms with Gasteiger partial charge in [0.2, 0.25) is 17.2 Å². The molecule has 24 N–H and O–H groups in total. The normalized spacial score (nSPS) is 12.2. The number of aliphatic hydroxyl groups is 5. The Kier molecular flexibility index (Phi) is 12.1. The van der Waals surface area contributed by atoms with Crippen LogP contribution in [-0.4, -0.2) is 137 Å². The largest absolute Gasteiger partial charge is 0.509 e. The molecule has 0 heterocycles. The predicted octanol–water partition coefficient (Wildman–Crippen LogP) is 2.52. The minimum absolute atomic E-state index is 0.152. The zero-order chi connectivity index (χ0) is 50.0. The first-order valence-electron chi connectivity index (χ1n) is 18.0. The Labute approximate surface area is 367 Å². The van der Waals surface area contributed by atoms with E-state index in [-0.39, 0.29) is 16.9 Å².